The van der Waals surface area contributed by atoms with Crippen molar-refractivity contribution in [1.29, 1.82) is 0 Å². The van der Waals surface area contributed by atoms with E-state index < -0.39 is 0 Å². The summed E-state index contributed by atoms with van der Waals surface area (Å²) >= 11 is 0. The third-order valence-corrected chi connectivity index (χ3v) is 2.25. The molecular formula is C12H12O3. The lowest BCUT2D eigenvalue weighted by Crippen LogP contribution is -2.18. The summed E-state index contributed by atoms with van der Waals surface area (Å²) in [6, 6.07) is 9.43. The molecule has 15 heavy (non-hydrogen) atoms. The molecule has 1 heterocycles. The molecule has 0 spiro atoms. The van der Waals surface area contributed by atoms with Gasteiger partial charge >= 0.3 is 5.97 Å². The molecule has 1 unspecified atom stereocenters. The van der Waals surface area contributed by atoms with Crippen molar-refractivity contribution in [3.8, 4) is 5.75 Å². The van der Waals surface area contributed by atoms with E-state index in [9.17, 15) is 4.79 Å². The molecule has 1 saturated heterocycles. The highest BCUT2D eigenvalue weighted by Crippen LogP contribution is 2.20. The highest BCUT2D eigenvalue weighted by molar-refractivity contribution is 5.76. The van der Waals surface area contributed by atoms with Crippen LogP contribution in [0.4, 0.5) is 0 Å². The maximum atomic E-state index is 10.9. The minimum absolute atomic E-state index is 0.221. The summed E-state index contributed by atoms with van der Waals surface area (Å²) in [4.78, 5) is 10.9. The topological polar surface area (TPSA) is 35.5 Å². The maximum Gasteiger partial charge on any atom is 0.310 e. The lowest BCUT2D eigenvalue weighted by atomic mass is 10.1. The molecule has 78 valence electrons. The first-order valence-corrected chi connectivity index (χ1v) is 4.81. The molecule has 3 heteroatoms. The lowest BCUT2D eigenvalue weighted by molar-refractivity contribution is -0.142. The molecule has 0 N–H and O–H groups in total. The molecule has 3 nitrogen and oxygen atoms in total. The van der Waals surface area contributed by atoms with Crippen molar-refractivity contribution in [1.82, 2.24) is 0 Å². The Morgan fingerprint density at radius 3 is 2.73 bits per heavy atom. The predicted molar refractivity (Wildman–Crippen MR) is 55.6 cm³/mol. The molecule has 1 aromatic carbocycles. The second kappa shape index (κ2) is 4.17. The predicted octanol–water partition coefficient (Wildman–Crippen LogP) is 1.94. The Bertz CT molecular complexity index is 370. The van der Waals surface area contributed by atoms with E-state index in [2.05, 4.69) is 6.58 Å². The van der Waals surface area contributed by atoms with Crippen LogP contribution in [0, 0.1) is 0 Å². The van der Waals surface area contributed by atoms with Gasteiger partial charge in [-0.15, -0.1) is 0 Å². The summed E-state index contributed by atoms with van der Waals surface area (Å²) in [5, 5.41) is 0. The summed E-state index contributed by atoms with van der Waals surface area (Å²) in [6.07, 6.45) is 0.0146. The van der Waals surface area contributed by atoms with Gasteiger partial charge in [-0.2, -0.15) is 0 Å². The van der Waals surface area contributed by atoms with E-state index in [-0.39, 0.29) is 12.1 Å². The molecule has 0 radical (unpaired) electrons. The SMILES string of the molecule is C=C1CC(=O)OC1COc1ccccc1. The van der Waals surface area contributed by atoms with Crippen molar-refractivity contribution >= 4 is 5.97 Å². The Morgan fingerprint density at radius 1 is 1.40 bits per heavy atom. The Balaban J connectivity index is 1.89. The number of hydrogen-bond acceptors (Lipinski definition) is 3. The minimum atomic E-state index is -0.294. The number of carbonyl (C=O) groups excluding carboxylic acids is 1. The molecule has 1 aromatic rings. The third-order valence-electron chi connectivity index (χ3n) is 2.25. The summed E-state index contributed by atoms with van der Waals surface area (Å²) in [5.41, 5.74) is 0.788. The second-order valence-corrected chi connectivity index (χ2v) is 3.44. The van der Waals surface area contributed by atoms with Gasteiger partial charge in [0.1, 0.15) is 12.4 Å². The molecule has 1 fully saturated rings. The zero-order chi connectivity index (χ0) is 10.7. The monoisotopic (exact) mass is 204 g/mol. The van der Waals surface area contributed by atoms with Crippen molar-refractivity contribution in [3.05, 3.63) is 42.5 Å². The zero-order valence-corrected chi connectivity index (χ0v) is 8.31. The van der Waals surface area contributed by atoms with Crippen LogP contribution in [0.15, 0.2) is 42.5 Å². The quantitative estimate of drug-likeness (QED) is 0.557. The Morgan fingerprint density at radius 2 is 2.13 bits per heavy atom. The average Bonchev–Trinajstić information content (AvgIpc) is 2.56. The van der Waals surface area contributed by atoms with Crippen LogP contribution in [-0.2, 0) is 9.53 Å². The van der Waals surface area contributed by atoms with Crippen molar-refractivity contribution in [3.63, 3.8) is 0 Å². The Kier molecular flexibility index (Phi) is 2.72. The van der Waals surface area contributed by atoms with Gasteiger partial charge in [-0.25, -0.2) is 0 Å². The Hall–Kier alpha value is -1.77. The van der Waals surface area contributed by atoms with E-state index in [1.165, 1.54) is 0 Å². The van der Waals surface area contributed by atoms with Crippen LogP contribution in [0.2, 0.25) is 0 Å². The van der Waals surface area contributed by atoms with Crippen molar-refractivity contribution in [2.45, 2.75) is 12.5 Å². The van der Waals surface area contributed by atoms with E-state index in [1.54, 1.807) is 0 Å². The van der Waals surface area contributed by atoms with Crippen molar-refractivity contribution < 1.29 is 14.3 Å². The van der Waals surface area contributed by atoms with Gasteiger partial charge in [0.25, 0.3) is 0 Å². The van der Waals surface area contributed by atoms with Crippen LogP contribution in [0.5, 0.6) is 5.75 Å². The molecule has 1 atom stereocenters. The molecule has 2 rings (SSSR count). The van der Waals surface area contributed by atoms with Crippen LogP contribution in [-0.4, -0.2) is 18.7 Å². The molecule has 0 aromatic heterocycles. The normalized spacial score (nSPS) is 20.1. The van der Waals surface area contributed by atoms with Gasteiger partial charge in [-0.05, 0) is 17.7 Å². The third kappa shape index (κ3) is 2.37. The largest absolute Gasteiger partial charge is 0.489 e. The maximum absolute atomic E-state index is 10.9. The number of cyclic esters (lactones) is 1. The number of rotatable bonds is 3. The lowest BCUT2D eigenvalue weighted by Gasteiger charge is -2.11. The Labute approximate surface area is 88.3 Å². The first kappa shape index (κ1) is 9.77. The van der Waals surface area contributed by atoms with Gasteiger partial charge in [-0.1, -0.05) is 24.8 Å². The van der Waals surface area contributed by atoms with Gasteiger partial charge in [-0.3, -0.25) is 4.79 Å². The van der Waals surface area contributed by atoms with E-state index in [0.29, 0.717) is 13.0 Å². The fourth-order valence-corrected chi connectivity index (χ4v) is 1.42. The number of hydrogen-bond donors (Lipinski definition) is 0. The van der Waals surface area contributed by atoms with Gasteiger partial charge in [0, 0.05) is 0 Å². The van der Waals surface area contributed by atoms with Crippen LogP contribution >= 0.6 is 0 Å². The summed E-state index contributed by atoms with van der Waals surface area (Å²) in [5.74, 6) is 0.551. The molecule has 0 aliphatic carbocycles. The fraction of sp³-hybridized carbons (Fsp3) is 0.250. The highest BCUT2D eigenvalue weighted by atomic mass is 16.6. The van der Waals surface area contributed by atoms with Gasteiger partial charge in [0.15, 0.2) is 6.10 Å². The number of benzene rings is 1. The second-order valence-electron chi connectivity index (χ2n) is 3.44. The van der Waals surface area contributed by atoms with Crippen LogP contribution in [0.1, 0.15) is 6.42 Å². The fourth-order valence-electron chi connectivity index (χ4n) is 1.42. The summed E-state index contributed by atoms with van der Waals surface area (Å²) in [6.45, 7) is 4.11. The highest BCUT2D eigenvalue weighted by Gasteiger charge is 2.27. The number of para-hydroxylation sites is 1. The van der Waals surface area contributed by atoms with Gasteiger partial charge < -0.3 is 9.47 Å². The minimum Gasteiger partial charge on any atom is -0.489 e. The standard InChI is InChI=1S/C12H12O3/c1-9-7-12(13)15-11(9)8-14-10-5-3-2-4-6-10/h2-6,11H,1,7-8H2. The smallest absolute Gasteiger partial charge is 0.310 e. The van der Waals surface area contributed by atoms with Crippen LogP contribution in [0.3, 0.4) is 0 Å². The molecular weight excluding hydrogens is 192 g/mol. The van der Waals surface area contributed by atoms with E-state index >= 15 is 0 Å². The molecule has 0 saturated carbocycles. The summed E-state index contributed by atoms with van der Waals surface area (Å²) in [7, 11) is 0. The molecule has 0 bridgehead atoms. The van der Waals surface area contributed by atoms with E-state index in [0.717, 1.165) is 11.3 Å². The zero-order valence-electron chi connectivity index (χ0n) is 8.31. The van der Waals surface area contributed by atoms with Gasteiger partial charge in [0.05, 0.1) is 6.42 Å². The molecule has 0 amide bonds. The van der Waals surface area contributed by atoms with E-state index in [4.69, 9.17) is 9.47 Å². The summed E-state index contributed by atoms with van der Waals surface area (Å²) < 4.78 is 10.5. The molecule has 1 aliphatic heterocycles. The number of ether oxygens (including phenoxy) is 2. The first-order valence-electron chi connectivity index (χ1n) is 4.81. The average molecular weight is 204 g/mol. The van der Waals surface area contributed by atoms with Gasteiger partial charge in [0.2, 0.25) is 0 Å². The van der Waals surface area contributed by atoms with Crippen molar-refractivity contribution in [2.24, 2.45) is 0 Å². The van der Waals surface area contributed by atoms with Crippen LogP contribution in [0.25, 0.3) is 0 Å². The van der Waals surface area contributed by atoms with Crippen LogP contribution < -0.4 is 4.74 Å². The van der Waals surface area contributed by atoms with Crippen molar-refractivity contribution in [2.75, 3.05) is 6.61 Å². The number of esters is 1. The first-order chi connectivity index (χ1) is 7.25. The molecule has 1 aliphatic rings. The van der Waals surface area contributed by atoms with E-state index in [1.807, 2.05) is 30.3 Å². The number of carbonyl (C=O) groups is 1.